The fourth-order valence-electron chi connectivity index (χ4n) is 7.20. The molecule has 2 unspecified atom stereocenters. The van der Waals surface area contributed by atoms with Crippen LogP contribution in [0, 0.1) is 5.92 Å². The lowest BCUT2D eigenvalue weighted by Crippen LogP contribution is -2.37. The Morgan fingerprint density at radius 1 is 0.581 bits per heavy atom. The van der Waals surface area contributed by atoms with E-state index in [0.29, 0.717) is 39.1 Å². The molecular weight excluding hydrogens is 783 g/mol. The van der Waals surface area contributed by atoms with E-state index >= 15 is 0 Å². The minimum atomic E-state index is -0.744. The maximum Gasteiger partial charge on any atom is 0.508 e. The summed E-state index contributed by atoms with van der Waals surface area (Å²) in [4.78, 5) is 40.6. The second kappa shape index (κ2) is 43.3. The number of likely N-dealkylation sites (tertiary alicyclic amines) is 1. The van der Waals surface area contributed by atoms with Gasteiger partial charge >= 0.3 is 18.1 Å². The van der Waals surface area contributed by atoms with Crippen LogP contribution < -0.4 is 0 Å². The van der Waals surface area contributed by atoms with E-state index in [0.717, 1.165) is 129 Å². The van der Waals surface area contributed by atoms with Crippen molar-refractivity contribution in [2.24, 2.45) is 5.92 Å². The molecule has 1 rings (SSSR count). The molecule has 358 valence electrons. The summed E-state index contributed by atoms with van der Waals surface area (Å²) in [5, 5.41) is 0. The molecule has 0 aliphatic carbocycles. The molecule has 1 saturated heterocycles. The second-order valence-corrected chi connectivity index (χ2v) is 16.7. The summed E-state index contributed by atoms with van der Waals surface area (Å²) in [6.07, 6.45) is 40.0. The zero-order valence-electron chi connectivity index (χ0n) is 40.0. The van der Waals surface area contributed by atoms with Gasteiger partial charge < -0.3 is 33.3 Å². The van der Waals surface area contributed by atoms with Crippen molar-refractivity contribution in [1.82, 2.24) is 4.90 Å². The number of allylic oxidation sites excluding steroid dienone is 8. The molecule has 0 radical (unpaired) electrons. The summed E-state index contributed by atoms with van der Waals surface area (Å²) < 4.78 is 34.5. The Morgan fingerprint density at radius 2 is 1.13 bits per heavy atom. The Labute approximate surface area is 379 Å². The summed E-state index contributed by atoms with van der Waals surface area (Å²) in [5.41, 5.74) is 0. The summed E-state index contributed by atoms with van der Waals surface area (Å²) in [7, 11) is 0. The molecule has 0 aromatic heterocycles. The molecule has 0 N–H and O–H groups in total. The van der Waals surface area contributed by atoms with Crippen LogP contribution in [0.15, 0.2) is 48.6 Å². The van der Waals surface area contributed by atoms with Gasteiger partial charge in [-0.15, -0.1) is 0 Å². The number of carbonyl (C=O) groups excluding carboxylic acids is 3. The van der Waals surface area contributed by atoms with Crippen molar-refractivity contribution in [3.63, 3.8) is 0 Å². The van der Waals surface area contributed by atoms with Gasteiger partial charge in [0, 0.05) is 51.4 Å². The molecular formula is C52H91NO9. The van der Waals surface area contributed by atoms with Crippen LogP contribution in [0.2, 0.25) is 0 Å². The number of esters is 2. The quantitative estimate of drug-likeness (QED) is 0.0194. The monoisotopic (exact) mass is 874 g/mol. The molecule has 62 heavy (non-hydrogen) atoms. The van der Waals surface area contributed by atoms with E-state index in [9.17, 15) is 14.4 Å². The van der Waals surface area contributed by atoms with Crippen molar-refractivity contribution in [2.45, 2.75) is 207 Å². The molecule has 10 nitrogen and oxygen atoms in total. The first kappa shape index (κ1) is 57.1. The molecule has 2 atom stereocenters. The molecule has 0 saturated carbocycles. The number of ether oxygens (including phenoxy) is 6. The second-order valence-electron chi connectivity index (χ2n) is 16.7. The van der Waals surface area contributed by atoms with Gasteiger partial charge in [0.25, 0.3) is 0 Å². The summed E-state index contributed by atoms with van der Waals surface area (Å²) in [6.45, 7) is 13.2. The van der Waals surface area contributed by atoms with Crippen molar-refractivity contribution in [2.75, 3.05) is 52.7 Å². The third kappa shape index (κ3) is 36.5. The molecule has 0 aromatic carbocycles. The lowest BCUT2D eigenvalue weighted by Gasteiger charge is -2.31. The average Bonchev–Trinajstić information content (AvgIpc) is 3.27. The SMILES string of the molecule is CC/C=C\CCCCOC(CCC(=O)OCCC(CCOC(=O)CCCCCCC/C=C\C/C=C\CCCCC)OC(=O)OCC1CCCN(CC)C1)OCCCC/C=C\CC. The zero-order chi connectivity index (χ0) is 45.0. The van der Waals surface area contributed by atoms with Crippen LogP contribution in [0.25, 0.3) is 0 Å². The number of piperidine rings is 1. The maximum absolute atomic E-state index is 12.9. The molecule has 0 spiro atoms. The summed E-state index contributed by atoms with van der Waals surface area (Å²) in [5.74, 6) is -0.338. The van der Waals surface area contributed by atoms with Gasteiger partial charge in [0.05, 0.1) is 26.2 Å². The normalized spacial score (nSPS) is 15.4. The van der Waals surface area contributed by atoms with Gasteiger partial charge in [0.15, 0.2) is 6.29 Å². The van der Waals surface area contributed by atoms with Gasteiger partial charge in [0.2, 0.25) is 0 Å². The molecule has 1 fully saturated rings. The number of hydrogen-bond acceptors (Lipinski definition) is 10. The highest BCUT2D eigenvalue weighted by molar-refractivity contribution is 5.69. The van der Waals surface area contributed by atoms with Gasteiger partial charge in [-0.25, -0.2) is 4.79 Å². The highest BCUT2D eigenvalue weighted by atomic mass is 16.7. The van der Waals surface area contributed by atoms with Gasteiger partial charge in [-0.1, -0.05) is 108 Å². The van der Waals surface area contributed by atoms with Crippen molar-refractivity contribution in [3.05, 3.63) is 48.6 Å². The van der Waals surface area contributed by atoms with E-state index in [1.165, 1.54) is 25.7 Å². The first-order chi connectivity index (χ1) is 30.4. The van der Waals surface area contributed by atoms with E-state index in [1.54, 1.807) is 0 Å². The summed E-state index contributed by atoms with van der Waals surface area (Å²) >= 11 is 0. The molecule has 10 heteroatoms. The Bertz CT molecular complexity index is 1160. The van der Waals surface area contributed by atoms with E-state index in [4.69, 9.17) is 28.4 Å². The number of carbonyl (C=O) groups is 3. The lowest BCUT2D eigenvalue weighted by atomic mass is 9.99. The molecule has 1 heterocycles. The van der Waals surface area contributed by atoms with E-state index in [2.05, 4.69) is 81.2 Å². The molecule has 1 aliphatic rings. The highest BCUT2D eigenvalue weighted by Gasteiger charge is 2.23. The van der Waals surface area contributed by atoms with Crippen molar-refractivity contribution >= 4 is 18.1 Å². The van der Waals surface area contributed by atoms with Crippen LogP contribution >= 0.6 is 0 Å². The van der Waals surface area contributed by atoms with E-state index in [-0.39, 0.29) is 43.9 Å². The van der Waals surface area contributed by atoms with Crippen LogP contribution in [0.4, 0.5) is 4.79 Å². The van der Waals surface area contributed by atoms with Crippen LogP contribution in [0.3, 0.4) is 0 Å². The first-order valence-electron chi connectivity index (χ1n) is 25.1. The number of unbranched alkanes of at least 4 members (excludes halogenated alkanes) is 12. The van der Waals surface area contributed by atoms with Crippen LogP contribution in [0.5, 0.6) is 0 Å². The van der Waals surface area contributed by atoms with Crippen molar-refractivity contribution in [1.29, 1.82) is 0 Å². The van der Waals surface area contributed by atoms with E-state index < -0.39 is 18.5 Å². The molecule has 0 bridgehead atoms. The fourth-order valence-corrected chi connectivity index (χ4v) is 7.20. The van der Waals surface area contributed by atoms with Crippen LogP contribution in [-0.4, -0.2) is 88.1 Å². The topological polar surface area (TPSA) is 110 Å². The van der Waals surface area contributed by atoms with Crippen LogP contribution in [-0.2, 0) is 38.0 Å². The third-order valence-electron chi connectivity index (χ3n) is 11.0. The standard InChI is InChI=1S/C52H91NO9/c1-5-9-12-15-18-19-20-21-22-23-24-25-26-27-30-35-49(54)57-43-38-48(62-52(56)61-46-47-34-33-40-53(8-4)45-47)39-44-58-50(55)36-37-51(59-41-31-28-16-13-10-6-2)60-42-32-29-17-14-11-7-3/h10-11,13-14,18-19,21-22,47-48,51H,5-9,12,15-17,20,23-46H2,1-4H3/b13-10-,14-11-,19-18-,22-21-. The van der Waals surface area contributed by atoms with Crippen molar-refractivity contribution in [3.8, 4) is 0 Å². The number of hydrogen-bond donors (Lipinski definition) is 0. The third-order valence-corrected chi connectivity index (χ3v) is 11.0. The van der Waals surface area contributed by atoms with Gasteiger partial charge in [-0.3, -0.25) is 9.59 Å². The van der Waals surface area contributed by atoms with Crippen LogP contribution in [0.1, 0.15) is 195 Å². The minimum Gasteiger partial charge on any atom is -0.466 e. The van der Waals surface area contributed by atoms with Crippen molar-refractivity contribution < 1.29 is 42.8 Å². The zero-order valence-corrected chi connectivity index (χ0v) is 40.0. The lowest BCUT2D eigenvalue weighted by molar-refractivity contribution is -0.159. The minimum absolute atomic E-state index is 0.0632. The number of rotatable bonds is 41. The maximum atomic E-state index is 12.9. The largest absolute Gasteiger partial charge is 0.508 e. The molecule has 0 aromatic rings. The Morgan fingerprint density at radius 3 is 1.73 bits per heavy atom. The Hall–Kier alpha value is -2.95. The first-order valence-corrected chi connectivity index (χ1v) is 25.1. The smallest absolute Gasteiger partial charge is 0.466 e. The van der Waals surface area contributed by atoms with Gasteiger partial charge in [-0.05, 0) is 116 Å². The highest BCUT2D eigenvalue weighted by Crippen LogP contribution is 2.18. The Balaban J connectivity index is 2.51. The van der Waals surface area contributed by atoms with Gasteiger partial charge in [-0.2, -0.15) is 0 Å². The average molecular weight is 874 g/mol. The van der Waals surface area contributed by atoms with E-state index in [1.807, 2.05) is 0 Å². The van der Waals surface area contributed by atoms with Gasteiger partial charge in [0.1, 0.15) is 6.10 Å². The molecule has 1 aliphatic heterocycles. The Kier molecular flexibility index (Phi) is 39.9. The predicted molar refractivity (Wildman–Crippen MR) is 253 cm³/mol. The summed E-state index contributed by atoms with van der Waals surface area (Å²) in [6, 6.07) is 0. The molecule has 0 amide bonds. The fraction of sp³-hybridized carbons (Fsp3) is 0.788. The predicted octanol–water partition coefficient (Wildman–Crippen LogP) is 13.3. The number of nitrogens with zero attached hydrogens (tertiary/aromatic N) is 1.